The second kappa shape index (κ2) is 10.3. The van der Waals surface area contributed by atoms with Crippen molar-refractivity contribution >= 4 is 5.91 Å². The van der Waals surface area contributed by atoms with Gasteiger partial charge in [-0.1, -0.05) is 30.3 Å². The third-order valence-corrected chi connectivity index (χ3v) is 5.00. The molecular formula is C24H23N5O4. The lowest BCUT2D eigenvalue weighted by Gasteiger charge is -2.21. The minimum absolute atomic E-state index is 0.151. The standard InChI is InChI=1S/C24H23N5O4/c1-31-20-10-6-17(7-11-20)24(18-8-12-21(32-2)13-9-18)26-23(30)15-33-22-5-3-4-19(14-22)29-16-25-27-28-29/h3-14,16,24H,15H2,1-2H3,(H,26,30). The first-order valence-electron chi connectivity index (χ1n) is 10.2. The van der Waals surface area contributed by atoms with Crippen LogP contribution >= 0.6 is 0 Å². The van der Waals surface area contributed by atoms with E-state index < -0.39 is 0 Å². The van der Waals surface area contributed by atoms with Crippen LogP contribution < -0.4 is 19.5 Å². The zero-order valence-electron chi connectivity index (χ0n) is 18.2. The van der Waals surface area contributed by atoms with E-state index in [0.29, 0.717) is 5.75 Å². The zero-order chi connectivity index (χ0) is 23.0. The molecule has 0 atom stereocenters. The second-order valence-corrected chi connectivity index (χ2v) is 7.09. The highest BCUT2D eigenvalue weighted by molar-refractivity contribution is 5.78. The Balaban J connectivity index is 1.48. The Labute approximate surface area is 190 Å². The molecular weight excluding hydrogens is 422 g/mol. The van der Waals surface area contributed by atoms with Crippen molar-refractivity contribution < 1.29 is 19.0 Å². The number of nitrogens with one attached hydrogen (secondary N) is 1. The molecule has 1 amide bonds. The van der Waals surface area contributed by atoms with Crippen LogP contribution in [0.5, 0.6) is 17.2 Å². The number of benzene rings is 3. The summed E-state index contributed by atoms with van der Waals surface area (Å²) in [5.74, 6) is 1.75. The third kappa shape index (κ3) is 5.45. The van der Waals surface area contributed by atoms with Crippen molar-refractivity contribution in [1.82, 2.24) is 25.5 Å². The average molecular weight is 445 g/mol. The van der Waals surface area contributed by atoms with E-state index in [1.54, 1.807) is 26.4 Å². The van der Waals surface area contributed by atoms with Gasteiger partial charge in [0.05, 0.1) is 25.9 Å². The average Bonchev–Trinajstić information content (AvgIpc) is 3.42. The minimum Gasteiger partial charge on any atom is -0.497 e. The summed E-state index contributed by atoms with van der Waals surface area (Å²) in [6.07, 6.45) is 1.49. The molecule has 168 valence electrons. The number of methoxy groups -OCH3 is 2. The molecule has 33 heavy (non-hydrogen) atoms. The highest BCUT2D eigenvalue weighted by atomic mass is 16.5. The molecule has 1 heterocycles. The molecule has 0 saturated carbocycles. The molecule has 4 rings (SSSR count). The van der Waals surface area contributed by atoms with Gasteiger partial charge in [0.15, 0.2) is 6.61 Å². The van der Waals surface area contributed by atoms with Crippen molar-refractivity contribution in [2.45, 2.75) is 6.04 Å². The smallest absolute Gasteiger partial charge is 0.258 e. The Morgan fingerprint density at radius 3 is 2.09 bits per heavy atom. The normalized spacial score (nSPS) is 10.6. The van der Waals surface area contributed by atoms with Gasteiger partial charge in [-0.15, -0.1) is 5.10 Å². The molecule has 0 saturated heterocycles. The van der Waals surface area contributed by atoms with Gasteiger partial charge in [0, 0.05) is 6.07 Å². The van der Waals surface area contributed by atoms with Gasteiger partial charge in [0.25, 0.3) is 5.91 Å². The molecule has 1 N–H and O–H groups in total. The number of ether oxygens (including phenoxy) is 3. The van der Waals surface area contributed by atoms with E-state index in [2.05, 4.69) is 20.8 Å². The summed E-state index contributed by atoms with van der Waals surface area (Å²) in [4.78, 5) is 12.8. The van der Waals surface area contributed by atoms with E-state index in [0.717, 1.165) is 28.3 Å². The van der Waals surface area contributed by atoms with Gasteiger partial charge >= 0.3 is 0 Å². The minimum atomic E-state index is -0.370. The Bertz CT molecular complexity index is 1130. The fraction of sp³-hybridized carbons (Fsp3) is 0.167. The Kier molecular flexibility index (Phi) is 6.79. The van der Waals surface area contributed by atoms with Crippen LogP contribution in [0.3, 0.4) is 0 Å². The van der Waals surface area contributed by atoms with Crippen LogP contribution in [-0.2, 0) is 4.79 Å². The van der Waals surface area contributed by atoms with E-state index in [1.807, 2.05) is 60.7 Å². The van der Waals surface area contributed by atoms with E-state index >= 15 is 0 Å². The summed E-state index contributed by atoms with van der Waals surface area (Å²) in [5, 5.41) is 14.2. The Morgan fingerprint density at radius 2 is 1.55 bits per heavy atom. The number of amides is 1. The van der Waals surface area contributed by atoms with Crippen molar-refractivity contribution in [3.63, 3.8) is 0 Å². The van der Waals surface area contributed by atoms with E-state index in [-0.39, 0.29) is 18.6 Å². The van der Waals surface area contributed by atoms with Gasteiger partial charge in [0.2, 0.25) is 0 Å². The summed E-state index contributed by atoms with van der Waals surface area (Å²) in [5.41, 5.74) is 2.55. The number of aromatic nitrogens is 4. The Morgan fingerprint density at radius 1 is 0.909 bits per heavy atom. The molecule has 0 fully saturated rings. The molecule has 0 spiro atoms. The maximum absolute atomic E-state index is 12.8. The van der Waals surface area contributed by atoms with E-state index in [9.17, 15) is 4.79 Å². The monoisotopic (exact) mass is 445 g/mol. The highest BCUT2D eigenvalue weighted by Gasteiger charge is 2.18. The van der Waals surface area contributed by atoms with Crippen LogP contribution in [0.2, 0.25) is 0 Å². The van der Waals surface area contributed by atoms with Crippen LogP contribution in [-0.4, -0.2) is 46.9 Å². The molecule has 9 nitrogen and oxygen atoms in total. The maximum atomic E-state index is 12.8. The number of nitrogens with zero attached hydrogens (tertiary/aromatic N) is 4. The Hall–Kier alpha value is -4.40. The first-order chi connectivity index (χ1) is 16.2. The second-order valence-electron chi connectivity index (χ2n) is 7.09. The molecule has 3 aromatic carbocycles. The summed E-state index contributed by atoms with van der Waals surface area (Å²) < 4.78 is 17.7. The lowest BCUT2D eigenvalue weighted by atomic mass is 9.98. The predicted molar refractivity (Wildman–Crippen MR) is 121 cm³/mol. The van der Waals surface area contributed by atoms with Crippen molar-refractivity contribution in [1.29, 1.82) is 0 Å². The molecule has 0 radical (unpaired) electrons. The molecule has 0 bridgehead atoms. The fourth-order valence-corrected chi connectivity index (χ4v) is 3.30. The third-order valence-electron chi connectivity index (χ3n) is 5.00. The van der Waals surface area contributed by atoms with Gasteiger partial charge in [-0.05, 0) is 58.0 Å². The summed E-state index contributed by atoms with van der Waals surface area (Å²) >= 11 is 0. The van der Waals surface area contributed by atoms with Crippen molar-refractivity contribution in [3.05, 3.63) is 90.3 Å². The quantitative estimate of drug-likeness (QED) is 0.423. The van der Waals surface area contributed by atoms with Gasteiger partial charge in [-0.3, -0.25) is 4.79 Å². The SMILES string of the molecule is COc1ccc(C(NC(=O)COc2cccc(-n3cnnn3)c2)c2ccc(OC)cc2)cc1. The number of carbonyl (C=O) groups is 1. The van der Waals surface area contributed by atoms with Gasteiger partial charge in [-0.25, -0.2) is 4.68 Å². The van der Waals surface area contributed by atoms with Gasteiger partial charge < -0.3 is 19.5 Å². The zero-order valence-corrected chi connectivity index (χ0v) is 18.2. The van der Waals surface area contributed by atoms with Gasteiger partial charge in [0.1, 0.15) is 23.6 Å². The summed E-state index contributed by atoms with van der Waals surface area (Å²) in [6, 6.07) is 21.9. The largest absolute Gasteiger partial charge is 0.497 e. The first-order valence-corrected chi connectivity index (χ1v) is 10.2. The maximum Gasteiger partial charge on any atom is 0.258 e. The van der Waals surface area contributed by atoms with E-state index in [1.165, 1.54) is 11.0 Å². The number of carbonyl (C=O) groups excluding carboxylic acids is 1. The highest BCUT2D eigenvalue weighted by Crippen LogP contribution is 2.26. The topological polar surface area (TPSA) is 100 Å². The lowest BCUT2D eigenvalue weighted by molar-refractivity contribution is -0.123. The fourth-order valence-electron chi connectivity index (χ4n) is 3.30. The molecule has 0 unspecified atom stereocenters. The van der Waals surface area contributed by atoms with E-state index in [4.69, 9.17) is 14.2 Å². The predicted octanol–water partition coefficient (Wildman–Crippen LogP) is 2.96. The molecule has 4 aromatic rings. The summed E-state index contributed by atoms with van der Waals surface area (Å²) in [6.45, 7) is -0.151. The van der Waals surface area contributed by atoms with Crippen LogP contribution in [0.25, 0.3) is 5.69 Å². The van der Waals surface area contributed by atoms with Crippen LogP contribution in [0.4, 0.5) is 0 Å². The lowest BCUT2D eigenvalue weighted by Crippen LogP contribution is -2.33. The molecule has 0 aliphatic carbocycles. The summed E-state index contributed by atoms with van der Waals surface area (Å²) in [7, 11) is 3.23. The number of rotatable bonds is 9. The van der Waals surface area contributed by atoms with Crippen LogP contribution in [0.15, 0.2) is 79.1 Å². The molecule has 9 heteroatoms. The number of tetrazole rings is 1. The number of hydrogen-bond donors (Lipinski definition) is 1. The van der Waals surface area contributed by atoms with Crippen LogP contribution in [0, 0.1) is 0 Å². The van der Waals surface area contributed by atoms with Gasteiger partial charge in [-0.2, -0.15) is 0 Å². The molecule has 1 aromatic heterocycles. The van der Waals surface area contributed by atoms with Crippen molar-refractivity contribution in [2.75, 3.05) is 20.8 Å². The van der Waals surface area contributed by atoms with Crippen molar-refractivity contribution in [2.24, 2.45) is 0 Å². The van der Waals surface area contributed by atoms with Crippen molar-refractivity contribution in [3.8, 4) is 22.9 Å². The van der Waals surface area contributed by atoms with Crippen LogP contribution in [0.1, 0.15) is 17.2 Å². The number of hydrogen-bond acceptors (Lipinski definition) is 7. The molecule has 0 aliphatic rings. The molecule has 0 aliphatic heterocycles. The first kappa shape index (κ1) is 21.8.